The topological polar surface area (TPSA) is 72.2 Å². The van der Waals surface area contributed by atoms with Crippen molar-refractivity contribution in [2.45, 2.75) is 17.3 Å². The normalized spacial score (nSPS) is 12.3. The highest BCUT2D eigenvalue weighted by molar-refractivity contribution is 8.00. The molecule has 0 saturated carbocycles. The van der Waals surface area contributed by atoms with Crippen molar-refractivity contribution in [2.75, 3.05) is 5.32 Å². The van der Waals surface area contributed by atoms with E-state index in [1.54, 1.807) is 25.3 Å². The smallest absolute Gasteiger partial charge is 0.237 e. The Morgan fingerprint density at radius 3 is 3.00 bits per heavy atom. The lowest BCUT2D eigenvalue weighted by Crippen LogP contribution is -2.23. The lowest BCUT2D eigenvalue weighted by molar-refractivity contribution is -0.115. The van der Waals surface area contributed by atoms with Gasteiger partial charge in [-0.25, -0.2) is 4.98 Å². The van der Waals surface area contributed by atoms with Crippen LogP contribution in [0.2, 0.25) is 5.15 Å². The number of anilines is 1. The number of carbonyl (C=O) groups excluding carboxylic acids is 1. The Bertz CT molecular complexity index is 822. The van der Waals surface area contributed by atoms with Gasteiger partial charge in [-0.2, -0.15) is 0 Å². The van der Waals surface area contributed by atoms with Gasteiger partial charge in [0.2, 0.25) is 5.91 Å². The molecule has 0 radical (unpaired) electrons. The molecule has 0 aliphatic heterocycles. The van der Waals surface area contributed by atoms with Gasteiger partial charge in [0.25, 0.3) is 0 Å². The second-order valence-corrected chi connectivity index (χ2v) is 6.17. The highest BCUT2D eigenvalue weighted by Crippen LogP contribution is 2.24. The van der Waals surface area contributed by atoms with E-state index in [0.29, 0.717) is 10.8 Å². The van der Waals surface area contributed by atoms with Gasteiger partial charge in [0.15, 0.2) is 16.0 Å². The molecule has 3 heterocycles. The molecule has 0 unspecified atom stereocenters. The Morgan fingerprint density at radius 1 is 1.32 bits per heavy atom. The molecular weight excluding hydrogens is 322 g/mol. The van der Waals surface area contributed by atoms with Crippen LogP contribution in [0.15, 0.2) is 47.9 Å². The number of fused-ring (bicyclic) bond motifs is 1. The van der Waals surface area contributed by atoms with E-state index < -0.39 is 0 Å². The quantitative estimate of drug-likeness (QED) is 0.587. The fraction of sp³-hybridized carbons (Fsp3) is 0.143. The number of thioether (sulfide) groups is 1. The predicted octanol–water partition coefficient (Wildman–Crippen LogP) is 2.90. The molecule has 0 aliphatic rings. The summed E-state index contributed by atoms with van der Waals surface area (Å²) in [6, 6.07) is 9.05. The summed E-state index contributed by atoms with van der Waals surface area (Å²) in [4.78, 5) is 16.2. The summed E-state index contributed by atoms with van der Waals surface area (Å²) in [5, 5.41) is 11.5. The number of carbonyl (C=O) groups is 1. The Hall–Kier alpha value is -2.12. The number of amides is 1. The Morgan fingerprint density at radius 2 is 2.18 bits per heavy atom. The second kappa shape index (κ2) is 6.33. The van der Waals surface area contributed by atoms with Crippen LogP contribution in [-0.2, 0) is 4.79 Å². The average molecular weight is 334 g/mol. The maximum absolute atomic E-state index is 12.3. The summed E-state index contributed by atoms with van der Waals surface area (Å²) in [6.07, 6.45) is 3.43. The highest BCUT2D eigenvalue weighted by Gasteiger charge is 2.18. The minimum Gasteiger partial charge on any atom is -0.322 e. The first-order valence-electron chi connectivity index (χ1n) is 6.53. The highest BCUT2D eigenvalue weighted by atomic mass is 35.5. The van der Waals surface area contributed by atoms with Crippen molar-refractivity contribution in [2.24, 2.45) is 0 Å². The summed E-state index contributed by atoms with van der Waals surface area (Å²) in [5.74, 6) is -0.174. The van der Waals surface area contributed by atoms with Crippen LogP contribution >= 0.6 is 23.4 Å². The van der Waals surface area contributed by atoms with E-state index in [2.05, 4.69) is 20.5 Å². The number of hydrogen-bond acceptors (Lipinski definition) is 5. The van der Waals surface area contributed by atoms with E-state index in [4.69, 9.17) is 11.6 Å². The zero-order valence-corrected chi connectivity index (χ0v) is 13.2. The summed E-state index contributed by atoms with van der Waals surface area (Å²) >= 11 is 7.26. The maximum atomic E-state index is 12.3. The molecule has 3 aromatic heterocycles. The minimum atomic E-state index is -0.358. The molecule has 6 nitrogen and oxygen atoms in total. The van der Waals surface area contributed by atoms with Gasteiger partial charge in [-0.1, -0.05) is 29.4 Å². The molecule has 22 heavy (non-hydrogen) atoms. The van der Waals surface area contributed by atoms with Crippen molar-refractivity contribution in [1.82, 2.24) is 19.6 Å². The predicted molar refractivity (Wildman–Crippen MR) is 86.2 cm³/mol. The molecule has 1 amide bonds. The molecule has 112 valence electrons. The van der Waals surface area contributed by atoms with Gasteiger partial charge in [0.1, 0.15) is 0 Å². The molecule has 8 heteroatoms. The molecular formula is C14H12ClN5OS. The third kappa shape index (κ3) is 3.05. The molecule has 0 aromatic carbocycles. The second-order valence-electron chi connectivity index (χ2n) is 4.50. The number of halogens is 1. The zero-order valence-electron chi connectivity index (χ0n) is 11.6. The summed E-state index contributed by atoms with van der Waals surface area (Å²) in [6.45, 7) is 1.80. The maximum Gasteiger partial charge on any atom is 0.237 e. The molecule has 3 aromatic rings. The van der Waals surface area contributed by atoms with Gasteiger partial charge in [-0.15, -0.1) is 10.2 Å². The van der Waals surface area contributed by atoms with Crippen LogP contribution in [-0.4, -0.2) is 30.7 Å². The summed E-state index contributed by atoms with van der Waals surface area (Å²) in [5.41, 5.74) is 1.24. The number of nitrogens with zero attached hydrogens (tertiary/aromatic N) is 4. The molecule has 1 N–H and O–H groups in total. The van der Waals surface area contributed by atoms with Crippen molar-refractivity contribution >= 4 is 40.6 Å². The molecule has 0 aliphatic carbocycles. The first kappa shape index (κ1) is 14.8. The van der Waals surface area contributed by atoms with Gasteiger partial charge < -0.3 is 5.32 Å². The van der Waals surface area contributed by atoms with Crippen LogP contribution in [0, 0.1) is 0 Å². The van der Waals surface area contributed by atoms with Crippen molar-refractivity contribution in [1.29, 1.82) is 0 Å². The molecule has 0 saturated heterocycles. The third-order valence-electron chi connectivity index (χ3n) is 2.95. The molecule has 0 bridgehead atoms. The van der Waals surface area contributed by atoms with Crippen LogP contribution in [0.1, 0.15) is 6.92 Å². The van der Waals surface area contributed by atoms with E-state index in [9.17, 15) is 4.79 Å². The van der Waals surface area contributed by atoms with E-state index in [1.165, 1.54) is 11.8 Å². The van der Waals surface area contributed by atoms with Crippen molar-refractivity contribution in [3.05, 3.63) is 47.9 Å². The van der Waals surface area contributed by atoms with E-state index >= 15 is 0 Å². The van der Waals surface area contributed by atoms with Gasteiger partial charge >= 0.3 is 0 Å². The van der Waals surface area contributed by atoms with E-state index in [-0.39, 0.29) is 16.3 Å². The molecule has 1 atom stereocenters. The monoisotopic (exact) mass is 333 g/mol. The standard InChI is InChI=1S/C14H12ClN5OS/c1-9(13(21)17-10-5-4-7-16-12(10)15)22-14-19-18-11-6-2-3-8-20(11)14/h2-9H,1H3,(H,17,21)/t9-/m1/s1. The summed E-state index contributed by atoms with van der Waals surface area (Å²) < 4.78 is 1.84. The Balaban J connectivity index is 1.73. The first-order valence-corrected chi connectivity index (χ1v) is 7.79. The SMILES string of the molecule is C[C@@H](Sc1nnc2ccccn12)C(=O)Nc1cccnc1Cl. The van der Waals surface area contributed by atoms with Crippen molar-refractivity contribution in [3.8, 4) is 0 Å². The number of rotatable bonds is 4. The fourth-order valence-electron chi connectivity index (χ4n) is 1.83. The van der Waals surface area contributed by atoms with Gasteiger partial charge in [-0.3, -0.25) is 9.20 Å². The van der Waals surface area contributed by atoms with Gasteiger partial charge in [0, 0.05) is 12.4 Å². The van der Waals surface area contributed by atoms with Crippen LogP contribution in [0.4, 0.5) is 5.69 Å². The van der Waals surface area contributed by atoms with Crippen LogP contribution in [0.3, 0.4) is 0 Å². The lowest BCUT2D eigenvalue weighted by Gasteiger charge is -2.11. The van der Waals surface area contributed by atoms with Crippen molar-refractivity contribution < 1.29 is 4.79 Å². The zero-order chi connectivity index (χ0) is 15.5. The average Bonchev–Trinajstić information content (AvgIpc) is 2.93. The third-order valence-corrected chi connectivity index (χ3v) is 4.31. The van der Waals surface area contributed by atoms with Gasteiger partial charge in [0.05, 0.1) is 10.9 Å². The molecule has 3 rings (SSSR count). The minimum absolute atomic E-state index is 0.174. The number of pyridine rings is 2. The van der Waals surface area contributed by atoms with Crippen LogP contribution in [0.25, 0.3) is 5.65 Å². The lowest BCUT2D eigenvalue weighted by atomic mass is 10.4. The van der Waals surface area contributed by atoms with Crippen LogP contribution < -0.4 is 5.32 Å². The molecule has 0 fully saturated rings. The van der Waals surface area contributed by atoms with Crippen molar-refractivity contribution in [3.63, 3.8) is 0 Å². The van der Waals surface area contributed by atoms with Crippen LogP contribution in [0.5, 0.6) is 0 Å². The van der Waals surface area contributed by atoms with E-state index in [1.807, 2.05) is 28.8 Å². The van der Waals surface area contributed by atoms with E-state index in [0.717, 1.165) is 5.65 Å². The Labute approximate surface area is 135 Å². The number of hydrogen-bond donors (Lipinski definition) is 1. The Kier molecular flexibility index (Phi) is 4.26. The number of nitrogens with one attached hydrogen (secondary N) is 1. The fourth-order valence-corrected chi connectivity index (χ4v) is 2.83. The first-order chi connectivity index (χ1) is 10.6. The molecule has 0 spiro atoms. The number of aromatic nitrogens is 4. The van der Waals surface area contributed by atoms with Gasteiger partial charge in [-0.05, 0) is 31.2 Å². The largest absolute Gasteiger partial charge is 0.322 e. The summed E-state index contributed by atoms with van der Waals surface area (Å²) in [7, 11) is 0.